The minimum atomic E-state index is -0.936. The van der Waals surface area contributed by atoms with E-state index in [-0.39, 0.29) is 30.2 Å². The fourth-order valence-electron chi connectivity index (χ4n) is 1.20. The number of carbonyl (C=O) groups is 2. The monoisotopic (exact) mass is 346 g/mol. The lowest BCUT2D eigenvalue weighted by molar-refractivity contribution is -0.137. The number of nitrogens with zero attached hydrogens (tertiary/aromatic N) is 1. The summed E-state index contributed by atoms with van der Waals surface area (Å²) in [6.45, 7) is 0. The maximum Gasteiger partial charge on any atom is 0.303 e. The fourth-order valence-corrected chi connectivity index (χ4v) is 1.60. The van der Waals surface area contributed by atoms with Crippen LogP contribution in [-0.4, -0.2) is 22.0 Å². The highest BCUT2D eigenvalue weighted by atomic mass is 79.9. The summed E-state index contributed by atoms with van der Waals surface area (Å²) in [4.78, 5) is 21.8. The van der Waals surface area contributed by atoms with Gasteiger partial charge in [-0.15, -0.1) is 0 Å². The first kappa shape index (κ1) is 15.7. The van der Waals surface area contributed by atoms with E-state index >= 15 is 0 Å². The lowest BCUT2D eigenvalue weighted by atomic mass is 10.2. The van der Waals surface area contributed by atoms with Gasteiger partial charge in [0, 0.05) is 17.3 Å². The van der Waals surface area contributed by atoms with Crippen LogP contribution in [0.2, 0.25) is 0 Å². The van der Waals surface area contributed by atoms with Crippen LogP contribution in [-0.2, 0) is 9.59 Å². The number of nitrogens with one attached hydrogen (secondary N) is 1. The molecule has 0 saturated heterocycles. The lowest BCUT2D eigenvalue weighted by Gasteiger charge is -2.01. The van der Waals surface area contributed by atoms with E-state index in [4.69, 9.17) is 16.7 Å². The van der Waals surface area contributed by atoms with Crippen molar-refractivity contribution in [2.24, 2.45) is 5.10 Å². The third-order valence-electron chi connectivity index (χ3n) is 2.15. The number of aliphatic carboxylic acids is 1. The molecule has 0 saturated carbocycles. The summed E-state index contributed by atoms with van der Waals surface area (Å²) in [5.74, 6) is -1.32. The van der Waals surface area contributed by atoms with Crippen LogP contribution in [0.25, 0.3) is 0 Å². The highest BCUT2D eigenvalue weighted by Crippen LogP contribution is 2.14. The molecule has 0 aliphatic heterocycles. The second-order valence-electron chi connectivity index (χ2n) is 3.69. The number of ketones is 1. The number of hydrogen-bond acceptors (Lipinski definition) is 4. The van der Waals surface area contributed by atoms with Crippen LogP contribution >= 0.6 is 27.5 Å². The molecule has 0 aromatic heterocycles. The first-order valence-corrected chi connectivity index (χ1v) is 6.66. The number of carbonyl (C=O) groups excluding carboxylic acids is 1. The van der Waals surface area contributed by atoms with Gasteiger partial charge in [-0.25, -0.2) is 0 Å². The largest absolute Gasteiger partial charge is 0.481 e. The zero-order valence-corrected chi connectivity index (χ0v) is 12.2. The van der Waals surface area contributed by atoms with Gasteiger partial charge in [0.05, 0.1) is 5.69 Å². The van der Waals surface area contributed by atoms with Gasteiger partial charge in [0.1, 0.15) is 0 Å². The summed E-state index contributed by atoms with van der Waals surface area (Å²) in [6.07, 6.45) is 0.255. The molecule has 0 spiro atoms. The Kier molecular flexibility index (Phi) is 6.52. The Labute approximate surface area is 123 Å². The van der Waals surface area contributed by atoms with Gasteiger partial charge in [-0.05, 0) is 30.7 Å². The predicted molar refractivity (Wildman–Crippen MR) is 77.5 cm³/mol. The predicted octanol–water partition coefficient (Wildman–Crippen LogP) is 3.24. The van der Waals surface area contributed by atoms with E-state index < -0.39 is 5.97 Å². The lowest BCUT2D eigenvalue weighted by Crippen LogP contribution is -2.10. The molecule has 0 amide bonds. The molecule has 102 valence electrons. The first-order chi connectivity index (χ1) is 8.99. The number of hydrazone groups is 1. The molecule has 0 bridgehead atoms. The molecule has 0 unspecified atom stereocenters. The zero-order valence-electron chi connectivity index (χ0n) is 9.90. The summed E-state index contributed by atoms with van der Waals surface area (Å²) >= 11 is 9.01. The molecule has 7 heteroatoms. The van der Waals surface area contributed by atoms with Gasteiger partial charge in [0.15, 0.2) is 11.0 Å². The van der Waals surface area contributed by atoms with Crippen molar-refractivity contribution >= 4 is 50.1 Å². The Morgan fingerprint density at radius 1 is 1.26 bits per heavy atom. The Morgan fingerprint density at radius 2 is 1.89 bits per heavy atom. The van der Waals surface area contributed by atoms with Crippen LogP contribution in [0.4, 0.5) is 5.69 Å². The van der Waals surface area contributed by atoms with Gasteiger partial charge >= 0.3 is 5.97 Å². The second-order valence-corrected chi connectivity index (χ2v) is 4.97. The standard InChI is InChI=1S/C12H12BrClN2O3/c13-8-4-6-9(7-5-8)15-16-12(14)10(17)2-1-3-11(18)19/h4-7,15H,1-3H2,(H,18,19)/b16-12-. The van der Waals surface area contributed by atoms with Crippen molar-refractivity contribution in [3.63, 3.8) is 0 Å². The van der Waals surface area contributed by atoms with Crippen LogP contribution in [0.15, 0.2) is 33.8 Å². The summed E-state index contributed by atoms with van der Waals surface area (Å²) in [7, 11) is 0. The van der Waals surface area contributed by atoms with E-state index in [1.54, 1.807) is 12.1 Å². The Balaban J connectivity index is 2.45. The van der Waals surface area contributed by atoms with Crippen LogP contribution in [0, 0.1) is 0 Å². The first-order valence-electron chi connectivity index (χ1n) is 5.49. The van der Waals surface area contributed by atoms with Crippen molar-refractivity contribution in [2.75, 3.05) is 5.43 Å². The molecule has 1 rings (SSSR count). The van der Waals surface area contributed by atoms with Crippen molar-refractivity contribution in [2.45, 2.75) is 19.3 Å². The zero-order chi connectivity index (χ0) is 14.3. The number of anilines is 1. The van der Waals surface area contributed by atoms with Crippen LogP contribution < -0.4 is 5.43 Å². The van der Waals surface area contributed by atoms with Gasteiger partial charge in [0.25, 0.3) is 0 Å². The average molecular weight is 348 g/mol. The van der Waals surface area contributed by atoms with Gasteiger partial charge < -0.3 is 5.11 Å². The number of halogens is 2. The van der Waals surface area contributed by atoms with Crippen LogP contribution in [0.5, 0.6) is 0 Å². The smallest absolute Gasteiger partial charge is 0.303 e. The van der Waals surface area contributed by atoms with Crippen LogP contribution in [0.3, 0.4) is 0 Å². The molecule has 19 heavy (non-hydrogen) atoms. The van der Waals surface area contributed by atoms with Gasteiger partial charge in [-0.1, -0.05) is 27.5 Å². The van der Waals surface area contributed by atoms with E-state index in [0.717, 1.165) is 4.47 Å². The number of hydrogen-bond donors (Lipinski definition) is 2. The summed E-state index contributed by atoms with van der Waals surface area (Å²) < 4.78 is 0.929. The normalized spacial score (nSPS) is 11.2. The van der Waals surface area contributed by atoms with E-state index in [9.17, 15) is 9.59 Å². The number of Topliss-reactive ketones (excluding diaryl/α,β-unsaturated/α-hetero) is 1. The number of rotatable bonds is 7. The van der Waals surface area contributed by atoms with Crippen molar-refractivity contribution in [1.29, 1.82) is 0 Å². The molecule has 0 atom stereocenters. The quantitative estimate of drug-likeness (QED) is 0.586. The molecule has 1 aromatic rings. The average Bonchev–Trinajstić information content (AvgIpc) is 2.37. The fraction of sp³-hybridized carbons (Fsp3) is 0.250. The molecule has 0 aliphatic rings. The van der Waals surface area contributed by atoms with Crippen molar-refractivity contribution in [3.8, 4) is 0 Å². The molecule has 0 heterocycles. The summed E-state index contributed by atoms with van der Waals surface area (Å²) in [6, 6.07) is 7.18. The number of carboxylic acid groups (broad SMARTS) is 1. The van der Waals surface area contributed by atoms with E-state index in [0.29, 0.717) is 5.69 Å². The molecular formula is C12H12BrClN2O3. The Hall–Kier alpha value is -1.40. The maximum atomic E-state index is 11.5. The minimum absolute atomic E-state index is 0.0595. The van der Waals surface area contributed by atoms with Crippen molar-refractivity contribution < 1.29 is 14.7 Å². The van der Waals surface area contributed by atoms with Gasteiger partial charge in [-0.3, -0.25) is 15.0 Å². The Bertz CT molecular complexity index is 488. The summed E-state index contributed by atoms with van der Waals surface area (Å²) in [5, 5.41) is 12.0. The molecule has 5 nitrogen and oxygen atoms in total. The molecule has 0 radical (unpaired) electrons. The van der Waals surface area contributed by atoms with E-state index in [1.807, 2.05) is 12.1 Å². The third kappa shape index (κ3) is 6.35. The maximum absolute atomic E-state index is 11.5. The van der Waals surface area contributed by atoms with Crippen molar-refractivity contribution in [3.05, 3.63) is 28.7 Å². The molecule has 1 aromatic carbocycles. The second kappa shape index (κ2) is 7.91. The number of carboxylic acids is 1. The number of benzene rings is 1. The van der Waals surface area contributed by atoms with Gasteiger partial charge in [0.2, 0.25) is 0 Å². The summed E-state index contributed by atoms with van der Waals surface area (Å²) in [5.41, 5.74) is 3.34. The molecular weight excluding hydrogens is 336 g/mol. The molecule has 2 N–H and O–H groups in total. The highest BCUT2D eigenvalue weighted by molar-refractivity contribution is 9.10. The Morgan fingerprint density at radius 3 is 2.47 bits per heavy atom. The topological polar surface area (TPSA) is 78.8 Å². The SMILES string of the molecule is O=C(O)CCCC(=O)/C(Cl)=N/Nc1ccc(Br)cc1. The highest BCUT2D eigenvalue weighted by Gasteiger charge is 2.09. The van der Waals surface area contributed by atoms with Crippen LogP contribution in [0.1, 0.15) is 19.3 Å². The minimum Gasteiger partial charge on any atom is -0.481 e. The van der Waals surface area contributed by atoms with Gasteiger partial charge in [-0.2, -0.15) is 5.10 Å². The van der Waals surface area contributed by atoms with Crippen molar-refractivity contribution in [1.82, 2.24) is 0 Å². The van der Waals surface area contributed by atoms with E-state index in [2.05, 4.69) is 26.5 Å². The molecule has 0 aliphatic carbocycles. The third-order valence-corrected chi connectivity index (χ3v) is 2.98. The van der Waals surface area contributed by atoms with E-state index in [1.165, 1.54) is 0 Å². The molecule has 0 fully saturated rings.